The van der Waals surface area contributed by atoms with Crippen LogP contribution in [0.4, 0.5) is 5.69 Å². The Morgan fingerprint density at radius 2 is 1.70 bits per heavy atom. The van der Waals surface area contributed by atoms with Crippen LogP contribution in [0.5, 0.6) is 5.75 Å². The van der Waals surface area contributed by atoms with Gasteiger partial charge >= 0.3 is 0 Å². The molecule has 5 atom stereocenters. The van der Waals surface area contributed by atoms with Crippen LogP contribution in [-0.4, -0.2) is 79.3 Å². The van der Waals surface area contributed by atoms with Crippen molar-refractivity contribution in [2.75, 3.05) is 14.1 Å². The van der Waals surface area contributed by atoms with Crippen LogP contribution < -0.4 is 10.5 Å². The summed E-state index contributed by atoms with van der Waals surface area (Å²) in [5.41, 5.74) is -3.15. The molecule has 12 heteroatoms. The molecular formula is C35H43N3O9. The van der Waals surface area contributed by atoms with Crippen molar-refractivity contribution in [3.05, 3.63) is 69.1 Å². The number of phenols is 1. The predicted molar refractivity (Wildman–Crippen MR) is 173 cm³/mol. The van der Waals surface area contributed by atoms with Crippen LogP contribution in [0.3, 0.4) is 0 Å². The second-order valence-electron chi connectivity index (χ2n) is 15.1. The highest BCUT2D eigenvalue weighted by Gasteiger charge is 2.64. The van der Waals surface area contributed by atoms with Gasteiger partial charge in [0.1, 0.15) is 22.8 Å². The van der Waals surface area contributed by atoms with Crippen LogP contribution in [0.15, 0.2) is 47.2 Å². The molecule has 1 unspecified atom stereocenters. The van der Waals surface area contributed by atoms with E-state index >= 15 is 0 Å². The Bertz CT molecular complexity index is 1760. The SMILES string of the molecule is CN(C)[C@@H]1C(=O)C(C(=O)NC(C)(C)C)=C(O)[C@@]2(O)C(=O)C3=C(O)c4c(O)c(C(C)(C)C)cc(-c5cccc([NH+]([O-])O)c5)c4C[C@H]3C[C@@H]12. The van der Waals surface area contributed by atoms with E-state index in [0.717, 1.165) is 0 Å². The lowest BCUT2D eigenvalue weighted by Crippen LogP contribution is -2.99. The predicted octanol–water partition coefficient (Wildman–Crippen LogP) is 2.76. The Morgan fingerprint density at radius 1 is 1.06 bits per heavy atom. The Kier molecular flexibility index (Phi) is 8.22. The van der Waals surface area contributed by atoms with Crippen molar-refractivity contribution in [1.82, 2.24) is 10.2 Å². The molecule has 1 amide bonds. The molecule has 3 aliphatic rings. The first-order chi connectivity index (χ1) is 21.6. The molecule has 2 aromatic rings. The number of nitrogens with zero attached hydrogens (tertiary/aromatic N) is 1. The zero-order chi connectivity index (χ0) is 35.1. The Hall–Kier alpha value is -4.07. The maximum atomic E-state index is 14.5. The summed E-state index contributed by atoms with van der Waals surface area (Å²) in [6.45, 7) is 10.6. The zero-order valence-corrected chi connectivity index (χ0v) is 27.8. The van der Waals surface area contributed by atoms with E-state index in [0.29, 0.717) is 22.3 Å². The molecule has 7 N–H and O–H groups in total. The first-order valence-electron chi connectivity index (χ1n) is 15.5. The van der Waals surface area contributed by atoms with Gasteiger partial charge in [0.25, 0.3) is 5.91 Å². The van der Waals surface area contributed by atoms with Gasteiger partial charge in [0.05, 0.1) is 11.6 Å². The second-order valence-corrected chi connectivity index (χ2v) is 15.1. The van der Waals surface area contributed by atoms with Crippen LogP contribution in [0.25, 0.3) is 16.9 Å². The molecule has 0 radical (unpaired) electrons. The number of phenolic OH excluding ortho intramolecular Hbond substituents is 1. The third kappa shape index (κ3) is 5.43. The maximum absolute atomic E-state index is 14.5. The molecule has 47 heavy (non-hydrogen) atoms. The fraction of sp³-hybridized carbons (Fsp3) is 0.457. The normalized spacial score (nSPS) is 25.4. The minimum absolute atomic E-state index is 0.0278. The van der Waals surface area contributed by atoms with Crippen LogP contribution in [0.1, 0.15) is 64.7 Å². The molecule has 12 nitrogen and oxygen atoms in total. The van der Waals surface area contributed by atoms with Gasteiger partial charge in [-0.05, 0) is 81.8 Å². The number of aliphatic hydroxyl groups is 3. The summed E-state index contributed by atoms with van der Waals surface area (Å²) < 4.78 is 0. The van der Waals surface area contributed by atoms with Crippen molar-refractivity contribution in [2.45, 2.75) is 77.0 Å². The Morgan fingerprint density at radius 3 is 2.26 bits per heavy atom. The Labute approximate surface area is 273 Å². The highest BCUT2D eigenvalue weighted by atomic mass is 16.8. The number of carbonyl (C=O) groups excluding carboxylic acids is 3. The molecular weight excluding hydrogens is 606 g/mol. The van der Waals surface area contributed by atoms with Gasteiger partial charge in [-0.15, -0.1) is 0 Å². The minimum atomic E-state index is -2.72. The molecule has 0 spiro atoms. The largest absolute Gasteiger partial charge is 0.595 e. The number of likely N-dealkylation sites (N-methyl/N-ethyl adjacent to an activating group) is 1. The van der Waals surface area contributed by atoms with Gasteiger partial charge in [-0.2, -0.15) is 5.23 Å². The van der Waals surface area contributed by atoms with Gasteiger partial charge in [-0.3, -0.25) is 19.3 Å². The minimum Gasteiger partial charge on any atom is -0.595 e. The maximum Gasteiger partial charge on any atom is 0.258 e. The van der Waals surface area contributed by atoms with E-state index < -0.39 is 74.2 Å². The van der Waals surface area contributed by atoms with Gasteiger partial charge in [0, 0.05) is 34.7 Å². The molecule has 0 bridgehead atoms. The summed E-state index contributed by atoms with van der Waals surface area (Å²) in [4.78, 5) is 43.1. The molecule has 1 saturated carbocycles. The van der Waals surface area contributed by atoms with Gasteiger partial charge in [0.15, 0.2) is 17.1 Å². The number of fused-ring (bicyclic) bond motifs is 3. The second kappa shape index (κ2) is 11.3. The number of hydrogen-bond acceptors (Lipinski definition) is 10. The highest BCUT2D eigenvalue weighted by molar-refractivity contribution is 6.25. The number of aliphatic hydroxyl groups excluding tert-OH is 2. The number of quaternary nitrogens is 1. The summed E-state index contributed by atoms with van der Waals surface area (Å²) in [5, 5.41) is 70.2. The quantitative estimate of drug-likeness (QED) is 0.191. The van der Waals surface area contributed by atoms with Gasteiger partial charge in [-0.1, -0.05) is 32.9 Å². The summed E-state index contributed by atoms with van der Waals surface area (Å²) in [6, 6.07) is 6.86. The monoisotopic (exact) mass is 649 g/mol. The topological polar surface area (TPSA) is 195 Å². The number of carbonyl (C=O) groups is 3. The van der Waals surface area contributed by atoms with Gasteiger partial charge in [-0.25, -0.2) is 5.21 Å². The first kappa shape index (κ1) is 34.3. The summed E-state index contributed by atoms with van der Waals surface area (Å²) in [7, 11) is 3.15. The van der Waals surface area contributed by atoms with Crippen LogP contribution in [0.2, 0.25) is 0 Å². The fourth-order valence-corrected chi connectivity index (χ4v) is 7.34. The van der Waals surface area contributed by atoms with E-state index in [1.165, 1.54) is 17.0 Å². The molecule has 2 aromatic carbocycles. The lowest BCUT2D eigenvalue weighted by Gasteiger charge is -2.50. The average Bonchev–Trinajstić information content (AvgIpc) is 2.93. The third-order valence-corrected chi connectivity index (χ3v) is 9.42. The number of ketones is 2. The first-order valence-corrected chi connectivity index (χ1v) is 15.5. The van der Waals surface area contributed by atoms with Crippen LogP contribution >= 0.6 is 0 Å². The van der Waals surface area contributed by atoms with Crippen LogP contribution in [0, 0.1) is 17.0 Å². The van der Waals surface area contributed by atoms with Crippen molar-refractivity contribution < 1.29 is 45.2 Å². The molecule has 5 rings (SSSR count). The number of rotatable bonds is 4. The molecule has 1 fully saturated rings. The Balaban J connectivity index is 1.78. The lowest BCUT2D eigenvalue weighted by molar-refractivity contribution is -0.991. The van der Waals surface area contributed by atoms with Crippen molar-refractivity contribution >= 4 is 28.9 Å². The van der Waals surface area contributed by atoms with Crippen molar-refractivity contribution in [2.24, 2.45) is 11.8 Å². The van der Waals surface area contributed by atoms with Gasteiger partial charge < -0.3 is 31.0 Å². The number of Topliss-reactive ketones (excluding diaryl/α,β-unsaturated/α-hetero) is 2. The number of hydrogen-bond donors (Lipinski definition) is 7. The number of nitrogens with one attached hydrogen (secondary N) is 2. The van der Waals surface area contributed by atoms with Crippen LogP contribution in [-0.2, 0) is 26.2 Å². The van der Waals surface area contributed by atoms with E-state index in [1.54, 1.807) is 53.1 Å². The zero-order valence-electron chi connectivity index (χ0n) is 27.8. The summed E-state index contributed by atoms with van der Waals surface area (Å²) in [5.74, 6) is -6.62. The standard InChI is InChI=1S/C35H43N3O9/c1-33(2,3)22-15-19(16-10-9-11-18(12-16)38(46)47)20-13-17-14-21-26(37(7)8)29(41)25(32(44)36-34(4,5)6)31(43)35(21,45)30(42)23(17)28(40)24(20)27(22)39/h9-12,15,17,21,26,38-40,43,45-46H,13-14H2,1-8H3,(H,36,44)/t17-,21-,26-,35-/m0/s1. The van der Waals surface area contributed by atoms with E-state index in [2.05, 4.69) is 5.32 Å². The average molecular weight is 650 g/mol. The van der Waals surface area contributed by atoms with Crippen molar-refractivity contribution in [3.63, 3.8) is 0 Å². The fourth-order valence-electron chi connectivity index (χ4n) is 7.34. The van der Waals surface area contributed by atoms with E-state index in [4.69, 9.17) is 0 Å². The third-order valence-electron chi connectivity index (χ3n) is 9.42. The number of aromatic hydroxyl groups is 1. The molecule has 0 aliphatic heterocycles. The number of amides is 1. The van der Waals surface area contributed by atoms with E-state index in [9.17, 15) is 45.2 Å². The number of benzene rings is 2. The molecule has 0 heterocycles. The smallest absolute Gasteiger partial charge is 0.258 e. The van der Waals surface area contributed by atoms with Gasteiger partial charge in [0.2, 0.25) is 5.78 Å². The molecule has 0 saturated heterocycles. The molecule has 3 aliphatic carbocycles. The van der Waals surface area contributed by atoms with Crippen molar-refractivity contribution in [1.29, 1.82) is 0 Å². The summed E-state index contributed by atoms with van der Waals surface area (Å²) in [6.07, 6.45) is 0.0537. The molecule has 0 aromatic heterocycles. The lowest BCUT2D eigenvalue weighted by atomic mass is 9.57. The van der Waals surface area contributed by atoms with E-state index in [1.807, 2.05) is 20.8 Å². The molecule has 252 valence electrons. The van der Waals surface area contributed by atoms with E-state index in [-0.39, 0.29) is 35.4 Å². The summed E-state index contributed by atoms with van der Waals surface area (Å²) >= 11 is 0. The highest BCUT2D eigenvalue weighted by Crippen LogP contribution is 2.55. The van der Waals surface area contributed by atoms with Crippen molar-refractivity contribution in [3.8, 4) is 16.9 Å².